The Kier molecular flexibility index (Phi) is 13.9. The van der Waals surface area contributed by atoms with Gasteiger partial charge in [-0.15, -0.1) is 0 Å². The van der Waals surface area contributed by atoms with Crippen molar-refractivity contribution in [1.29, 1.82) is 0 Å². The Balaban J connectivity index is 0.968. The van der Waals surface area contributed by atoms with Gasteiger partial charge in [0.1, 0.15) is 29.4 Å². The molecule has 15 nitrogen and oxygen atoms in total. The Morgan fingerprint density at radius 2 is 1.73 bits per heavy atom. The summed E-state index contributed by atoms with van der Waals surface area (Å²) in [6.07, 6.45) is 2.04. The number of carboxylic acids is 1. The molecule has 0 bridgehead atoms. The van der Waals surface area contributed by atoms with Crippen molar-refractivity contribution in [2.75, 3.05) is 51.4 Å². The Labute approximate surface area is 388 Å². The van der Waals surface area contributed by atoms with Crippen molar-refractivity contribution in [2.45, 2.75) is 109 Å². The molecule has 3 saturated heterocycles. The number of methoxy groups -OCH3 is 1. The first-order chi connectivity index (χ1) is 31.4. The van der Waals surface area contributed by atoms with Crippen LogP contribution in [0.1, 0.15) is 87.6 Å². The number of aliphatic hydroxyl groups excluding tert-OH is 1. The lowest BCUT2D eigenvalue weighted by atomic mass is 9.76. The fourth-order valence-corrected chi connectivity index (χ4v) is 11.7. The number of nitrogens with zero attached hydrogens (tertiary/aromatic N) is 4. The van der Waals surface area contributed by atoms with Crippen LogP contribution in [-0.2, 0) is 48.3 Å². The molecule has 0 unspecified atom stereocenters. The van der Waals surface area contributed by atoms with Gasteiger partial charge in [0.25, 0.3) is 0 Å². The second-order valence-corrected chi connectivity index (χ2v) is 21.6. The summed E-state index contributed by atoms with van der Waals surface area (Å²) in [5.41, 5.74) is 4.24. The van der Waals surface area contributed by atoms with Crippen LogP contribution in [0.25, 0.3) is 5.69 Å². The fourth-order valence-electron chi connectivity index (χ4n) is 10.0. The fraction of sp³-hybridized carbons (Fsp3) is 0.540. The molecule has 4 aliphatic rings. The molecule has 6 atom stereocenters. The van der Waals surface area contributed by atoms with E-state index in [1.165, 1.54) is 23.5 Å². The molecule has 3 aliphatic heterocycles. The van der Waals surface area contributed by atoms with E-state index in [9.17, 15) is 28.2 Å². The van der Waals surface area contributed by atoms with Gasteiger partial charge in [-0.25, -0.2) is 17.9 Å². The number of sulfonamides is 1. The number of aryl methyl sites for hydroxylation is 1. The third kappa shape index (κ3) is 10.3. The Morgan fingerprint density at radius 1 is 0.985 bits per heavy atom. The van der Waals surface area contributed by atoms with E-state index in [2.05, 4.69) is 18.7 Å². The number of rotatable bonds is 18. The number of hydrogen-bond acceptors (Lipinski definition) is 12. The van der Waals surface area contributed by atoms with Crippen LogP contribution >= 0.6 is 0 Å². The van der Waals surface area contributed by atoms with Crippen LogP contribution in [0, 0.1) is 23.2 Å². The first kappa shape index (κ1) is 47.5. The molecule has 356 valence electrons. The normalized spacial score (nSPS) is 23.4. The summed E-state index contributed by atoms with van der Waals surface area (Å²) >= 11 is 0. The van der Waals surface area contributed by atoms with Gasteiger partial charge in [-0.3, -0.25) is 4.79 Å². The number of para-hydroxylation sites is 2. The predicted octanol–water partition coefficient (Wildman–Crippen LogP) is 6.70. The zero-order valence-electron chi connectivity index (χ0n) is 38.9. The van der Waals surface area contributed by atoms with Crippen LogP contribution < -0.4 is 14.4 Å². The third-order valence-corrected chi connectivity index (χ3v) is 15.5. The van der Waals surface area contributed by atoms with Crippen LogP contribution in [0.15, 0.2) is 77.7 Å². The Bertz CT molecular complexity index is 2470. The number of aromatic carboxylic acids is 1. The van der Waals surface area contributed by atoms with Crippen LogP contribution in [0.2, 0.25) is 0 Å². The highest BCUT2D eigenvalue weighted by molar-refractivity contribution is 7.89. The molecule has 4 aromatic rings. The van der Waals surface area contributed by atoms with Crippen LogP contribution in [0.4, 0.5) is 5.69 Å². The van der Waals surface area contributed by atoms with E-state index in [1.807, 2.05) is 69.3 Å². The summed E-state index contributed by atoms with van der Waals surface area (Å²) in [5, 5.41) is 27.2. The molecule has 1 aromatic heterocycles. The first-order valence-corrected chi connectivity index (χ1v) is 24.6. The lowest BCUT2D eigenvalue weighted by molar-refractivity contribution is -0.181. The van der Waals surface area contributed by atoms with E-state index in [0.717, 1.165) is 48.3 Å². The van der Waals surface area contributed by atoms with Crippen molar-refractivity contribution in [1.82, 2.24) is 14.1 Å². The molecule has 2 N–H and O–H groups in total. The summed E-state index contributed by atoms with van der Waals surface area (Å²) in [7, 11) is -2.51. The summed E-state index contributed by atoms with van der Waals surface area (Å²) in [4.78, 5) is 28.7. The highest BCUT2D eigenvalue weighted by Gasteiger charge is 2.53. The number of esters is 1. The van der Waals surface area contributed by atoms with Gasteiger partial charge in [-0.05, 0) is 104 Å². The first-order valence-electron chi connectivity index (χ1n) is 23.2. The highest BCUT2D eigenvalue weighted by Crippen LogP contribution is 2.43. The van der Waals surface area contributed by atoms with Crippen LogP contribution in [0.5, 0.6) is 11.5 Å². The van der Waals surface area contributed by atoms with Gasteiger partial charge in [0.05, 0.1) is 55.9 Å². The average molecular weight is 929 g/mol. The molecule has 3 aromatic carbocycles. The van der Waals surface area contributed by atoms with Gasteiger partial charge in [-0.1, -0.05) is 52.0 Å². The second-order valence-electron chi connectivity index (χ2n) is 19.7. The number of carbonyl (C=O) groups excluding carboxylic acids is 1. The minimum Gasteiger partial charge on any atom is -0.497 e. The lowest BCUT2D eigenvalue weighted by Gasteiger charge is -2.30. The van der Waals surface area contributed by atoms with E-state index >= 15 is 0 Å². The van der Waals surface area contributed by atoms with Crippen molar-refractivity contribution < 1.29 is 51.9 Å². The molecule has 8 rings (SSSR count). The summed E-state index contributed by atoms with van der Waals surface area (Å²) < 4.78 is 60.5. The molecule has 3 fully saturated rings. The summed E-state index contributed by atoms with van der Waals surface area (Å²) in [6.45, 7) is 12.0. The van der Waals surface area contributed by atoms with E-state index in [4.69, 9.17) is 28.8 Å². The van der Waals surface area contributed by atoms with Gasteiger partial charge >= 0.3 is 11.9 Å². The van der Waals surface area contributed by atoms with Gasteiger partial charge in [-0.2, -0.15) is 9.40 Å². The van der Waals surface area contributed by atoms with Crippen molar-refractivity contribution in [2.24, 2.45) is 23.2 Å². The van der Waals surface area contributed by atoms with Crippen molar-refractivity contribution in [3.8, 4) is 17.2 Å². The van der Waals surface area contributed by atoms with E-state index in [-0.39, 0.29) is 66.5 Å². The second kappa shape index (κ2) is 19.3. The zero-order valence-corrected chi connectivity index (χ0v) is 39.7. The molecule has 0 amide bonds. The topological polar surface area (TPSA) is 179 Å². The van der Waals surface area contributed by atoms with E-state index in [0.29, 0.717) is 43.2 Å². The van der Waals surface area contributed by atoms with Gasteiger partial charge in [0.15, 0.2) is 11.5 Å². The van der Waals surface area contributed by atoms with Crippen LogP contribution in [0.3, 0.4) is 0 Å². The average Bonchev–Trinajstić information content (AvgIpc) is 4.06. The van der Waals surface area contributed by atoms with Gasteiger partial charge in [0, 0.05) is 43.2 Å². The smallest absolute Gasteiger partial charge is 0.354 e. The number of carboxylic acid groups (broad SMARTS) is 1. The quantitative estimate of drug-likeness (QED) is 0.101. The molecule has 0 spiro atoms. The van der Waals surface area contributed by atoms with Crippen molar-refractivity contribution >= 4 is 27.6 Å². The molecule has 0 saturated carbocycles. The maximum absolute atomic E-state index is 14.1. The maximum Gasteiger partial charge on any atom is 0.354 e. The molecule has 0 radical (unpaired) electrons. The van der Waals surface area contributed by atoms with Crippen molar-refractivity contribution in [3.05, 3.63) is 95.3 Å². The third-order valence-electron chi connectivity index (χ3n) is 13.7. The number of anilines is 1. The number of fused-ring (bicyclic) bond motifs is 2. The molecular weight excluding hydrogens is 865 g/mol. The number of aromatic nitrogens is 2. The maximum atomic E-state index is 14.1. The lowest BCUT2D eigenvalue weighted by Crippen LogP contribution is -2.43. The van der Waals surface area contributed by atoms with Crippen molar-refractivity contribution in [3.63, 3.8) is 0 Å². The molecule has 4 heterocycles. The number of benzene rings is 3. The van der Waals surface area contributed by atoms with Crippen LogP contribution in [-0.4, -0.2) is 115 Å². The standard InChI is InChI=1S/C50H64N4O11S/c1-32(2)28-53(66(59,60)38-17-15-36(61-6)16-18-38)30-43(55)34(26-46(56)65-45-31-63-50(5)40(45)21-24-62-50)25-33-11-13-35(14-12-33)52-23-20-37(29-52)64-44-10-8-7-9-42(44)54-47(48(57)58)39-27-49(3,4)22-19-41(39)51-54/h7-18,32,34,37,40,43,45,55H,19-31H2,1-6H3,(H,57,58)/t34-,37+,40+,43-,45+,50-/m1/s1. The number of carbonyl (C=O) groups is 2. The minimum absolute atomic E-state index is 0.0116. The Morgan fingerprint density at radius 3 is 2.44 bits per heavy atom. The SMILES string of the molecule is COc1ccc(S(=O)(=O)N(CC(C)C)C[C@@H](O)[C@@H](CC(=O)O[C@H]2CO[C@@]3(C)OCC[C@@H]23)Cc2ccc(N3CC[C@H](Oc4ccccc4-n4nc5c(c4C(=O)O)CC(C)(C)CC5)C3)cc2)cc1. The summed E-state index contributed by atoms with van der Waals surface area (Å²) in [6, 6.07) is 21.6. The van der Waals surface area contributed by atoms with E-state index < -0.39 is 45.9 Å². The number of ether oxygens (including phenoxy) is 5. The predicted molar refractivity (Wildman–Crippen MR) is 247 cm³/mol. The molecular formula is C50H64N4O11S. The monoisotopic (exact) mass is 928 g/mol. The summed E-state index contributed by atoms with van der Waals surface area (Å²) in [5.74, 6) is -2.03. The Hall–Kier alpha value is -5.00. The van der Waals surface area contributed by atoms with E-state index in [1.54, 1.807) is 16.8 Å². The zero-order chi connectivity index (χ0) is 47.0. The highest BCUT2D eigenvalue weighted by atomic mass is 32.2. The number of aliphatic hydroxyl groups is 1. The largest absolute Gasteiger partial charge is 0.497 e. The van der Waals surface area contributed by atoms with Gasteiger partial charge in [0.2, 0.25) is 10.0 Å². The molecule has 16 heteroatoms. The van der Waals surface area contributed by atoms with Gasteiger partial charge < -0.3 is 38.8 Å². The molecule has 66 heavy (non-hydrogen) atoms. The minimum atomic E-state index is -4.03. The molecule has 1 aliphatic carbocycles. The number of hydrogen-bond donors (Lipinski definition) is 2.